The lowest BCUT2D eigenvalue weighted by Gasteiger charge is -2.59. The van der Waals surface area contributed by atoms with Crippen LogP contribution < -0.4 is 0 Å². The summed E-state index contributed by atoms with van der Waals surface area (Å²) < 4.78 is 57.0. The molecule has 6 heteroatoms. The van der Waals surface area contributed by atoms with E-state index in [1.807, 2.05) is 6.92 Å². The van der Waals surface area contributed by atoms with Gasteiger partial charge in [-0.25, -0.2) is 4.39 Å². The molecule has 194 valence electrons. The zero-order chi connectivity index (χ0) is 25.2. The normalized spacial score (nSPS) is 40.8. The van der Waals surface area contributed by atoms with Gasteiger partial charge in [-0.3, -0.25) is 0 Å². The number of allylic oxidation sites excluding steroid dienone is 1. The Kier molecular flexibility index (Phi) is 6.19. The van der Waals surface area contributed by atoms with Crippen molar-refractivity contribution in [3.8, 4) is 0 Å². The standard InChI is InChI=1S/C29H38F4O2/c1-26-14-12-21(34)17-19(26)5-8-22-23-9-10-25(27(23,2)15-13-24(22)26)28(35,29(31,32)33)16-11-18-3-6-20(30)7-4-18/h3-7,21-25,34-35H,8-17H2,1-2H3/t21-,22-,23-,24-,25-,26-,27-,28+/m0/s1. The molecule has 35 heavy (non-hydrogen) atoms. The molecule has 0 bridgehead atoms. The molecule has 0 saturated heterocycles. The van der Waals surface area contributed by atoms with E-state index in [9.17, 15) is 27.8 Å². The van der Waals surface area contributed by atoms with E-state index in [4.69, 9.17) is 0 Å². The molecule has 8 atom stereocenters. The summed E-state index contributed by atoms with van der Waals surface area (Å²) in [5.74, 6) is -0.337. The van der Waals surface area contributed by atoms with Crippen molar-refractivity contribution in [2.24, 2.45) is 34.5 Å². The Bertz CT molecular complexity index is 972. The van der Waals surface area contributed by atoms with E-state index in [1.54, 1.807) is 0 Å². The zero-order valence-electron chi connectivity index (χ0n) is 20.8. The molecule has 0 heterocycles. The van der Waals surface area contributed by atoms with Crippen molar-refractivity contribution >= 4 is 0 Å². The number of aryl methyl sites for hydroxylation is 1. The molecule has 0 amide bonds. The molecule has 0 radical (unpaired) electrons. The molecule has 4 aliphatic carbocycles. The molecule has 3 fully saturated rings. The number of hydrogen-bond donors (Lipinski definition) is 2. The minimum absolute atomic E-state index is 0.0322. The monoisotopic (exact) mass is 494 g/mol. The number of alkyl halides is 3. The SMILES string of the molecule is C[C@]12CC[C@H]3[C@@H](CC=C4C[C@@H](O)CC[C@@]43C)[C@@H]1CC[C@@H]2[C@](O)(CCc1ccc(F)cc1)C(F)(F)F. The summed E-state index contributed by atoms with van der Waals surface area (Å²) in [5, 5.41) is 21.6. The van der Waals surface area contributed by atoms with Gasteiger partial charge in [-0.15, -0.1) is 0 Å². The highest BCUT2D eigenvalue weighted by Crippen LogP contribution is 2.68. The summed E-state index contributed by atoms with van der Waals surface area (Å²) in [6.45, 7) is 4.32. The van der Waals surface area contributed by atoms with Crippen molar-refractivity contribution in [2.75, 3.05) is 0 Å². The van der Waals surface area contributed by atoms with Crippen LogP contribution in [-0.2, 0) is 6.42 Å². The number of aliphatic hydroxyl groups excluding tert-OH is 1. The Morgan fingerprint density at radius 3 is 2.37 bits per heavy atom. The van der Waals surface area contributed by atoms with Crippen LogP contribution >= 0.6 is 0 Å². The summed E-state index contributed by atoms with van der Waals surface area (Å²) >= 11 is 0. The maximum Gasteiger partial charge on any atom is 0.417 e. The molecule has 5 rings (SSSR count). The summed E-state index contributed by atoms with van der Waals surface area (Å²) in [6, 6.07) is 5.52. The van der Waals surface area contributed by atoms with Crippen molar-refractivity contribution in [3.05, 3.63) is 47.3 Å². The number of hydrogen-bond acceptors (Lipinski definition) is 2. The van der Waals surface area contributed by atoms with Gasteiger partial charge < -0.3 is 10.2 Å². The van der Waals surface area contributed by atoms with Gasteiger partial charge in [0.2, 0.25) is 0 Å². The second-order valence-electron chi connectivity index (χ2n) is 12.4. The molecular formula is C29H38F4O2. The molecule has 4 aliphatic rings. The number of fused-ring (bicyclic) bond motifs is 5. The predicted octanol–water partition coefficient (Wildman–Crippen LogP) is 6.99. The third-order valence-electron chi connectivity index (χ3n) is 10.9. The van der Waals surface area contributed by atoms with Crippen molar-refractivity contribution < 1.29 is 27.8 Å². The van der Waals surface area contributed by atoms with Crippen molar-refractivity contribution in [1.29, 1.82) is 0 Å². The minimum Gasteiger partial charge on any atom is -0.393 e. The van der Waals surface area contributed by atoms with Crippen LogP contribution in [0, 0.1) is 40.3 Å². The van der Waals surface area contributed by atoms with Gasteiger partial charge in [0.05, 0.1) is 6.10 Å². The zero-order valence-corrected chi connectivity index (χ0v) is 20.8. The topological polar surface area (TPSA) is 40.5 Å². The third-order valence-corrected chi connectivity index (χ3v) is 10.9. The average molecular weight is 495 g/mol. The van der Waals surface area contributed by atoms with Crippen LogP contribution in [0.1, 0.15) is 77.2 Å². The Morgan fingerprint density at radius 1 is 0.971 bits per heavy atom. The second-order valence-corrected chi connectivity index (χ2v) is 12.4. The summed E-state index contributed by atoms with van der Waals surface area (Å²) in [6.07, 6.45) is 2.95. The van der Waals surface area contributed by atoms with Gasteiger partial charge >= 0.3 is 6.18 Å². The van der Waals surface area contributed by atoms with Gasteiger partial charge in [0.25, 0.3) is 0 Å². The Labute approximate surface area is 205 Å². The first-order valence-corrected chi connectivity index (χ1v) is 13.3. The maximum absolute atomic E-state index is 14.6. The van der Waals surface area contributed by atoms with Crippen molar-refractivity contribution in [1.82, 2.24) is 0 Å². The molecular weight excluding hydrogens is 456 g/mol. The highest BCUT2D eigenvalue weighted by atomic mass is 19.4. The summed E-state index contributed by atoms with van der Waals surface area (Å²) in [7, 11) is 0. The third kappa shape index (κ3) is 3.98. The largest absolute Gasteiger partial charge is 0.417 e. The van der Waals surface area contributed by atoms with Crippen LogP contribution in [0.3, 0.4) is 0 Å². The molecule has 2 nitrogen and oxygen atoms in total. The summed E-state index contributed by atoms with van der Waals surface area (Å²) in [4.78, 5) is 0. The van der Waals surface area contributed by atoms with Crippen LogP contribution in [0.5, 0.6) is 0 Å². The first-order chi connectivity index (χ1) is 16.4. The lowest BCUT2D eigenvalue weighted by atomic mass is 9.46. The Hall–Kier alpha value is -1.40. The number of aliphatic hydroxyl groups is 2. The maximum atomic E-state index is 14.6. The molecule has 0 unspecified atom stereocenters. The van der Waals surface area contributed by atoms with Crippen LogP contribution in [0.25, 0.3) is 0 Å². The second kappa shape index (κ2) is 8.58. The fourth-order valence-corrected chi connectivity index (χ4v) is 8.93. The molecule has 0 spiro atoms. The smallest absolute Gasteiger partial charge is 0.393 e. The Morgan fingerprint density at radius 2 is 1.69 bits per heavy atom. The van der Waals surface area contributed by atoms with Gasteiger partial charge in [0, 0.05) is 5.92 Å². The van der Waals surface area contributed by atoms with Gasteiger partial charge in [-0.1, -0.05) is 37.6 Å². The van der Waals surface area contributed by atoms with Gasteiger partial charge in [-0.2, -0.15) is 13.2 Å². The first kappa shape index (κ1) is 25.3. The molecule has 1 aromatic carbocycles. The molecule has 0 aliphatic heterocycles. The molecule has 1 aromatic rings. The fraction of sp³-hybridized carbons (Fsp3) is 0.724. The van der Waals surface area contributed by atoms with Gasteiger partial charge in [0.15, 0.2) is 5.60 Å². The Balaban J connectivity index is 1.41. The minimum atomic E-state index is -4.72. The van der Waals surface area contributed by atoms with Gasteiger partial charge in [-0.05, 0) is 110 Å². The molecule has 0 aromatic heterocycles. The fourth-order valence-electron chi connectivity index (χ4n) is 8.93. The van der Waals surface area contributed by atoms with E-state index in [-0.39, 0.29) is 23.9 Å². The number of rotatable bonds is 4. The quantitative estimate of drug-likeness (QED) is 0.350. The van der Waals surface area contributed by atoms with E-state index in [1.165, 1.54) is 29.8 Å². The lowest BCUT2D eigenvalue weighted by Crippen LogP contribution is -2.58. The van der Waals surface area contributed by atoms with E-state index < -0.39 is 35.3 Å². The lowest BCUT2D eigenvalue weighted by molar-refractivity contribution is -0.295. The van der Waals surface area contributed by atoms with E-state index in [2.05, 4.69) is 13.0 Å². The highest BCUT2D eigenvalue weighted by molar-refractivity contribution is 5.26. The average Bonchev–Trinajstić information content (AvgIpc) is 3.16. The first-order valence-electron chi connectivity index (χ1n) is 13.3. The van der Waals surface area contributed by atoms with Crippen LogP contribution in [0.4, 0.5) is 17.6 Å². The van der Waals surface area contributed by atoms with E-state index in [0.29, 0.717) is 30.2 Å². The van der Waals surface area contributed by atoms with Crippen LogP contribution in [0.2, 0.25) is 0 Å². The van der Waals surface area contributed by atoms with Crippen molar-refractivity contribution in [3.63, 3.8) is 0 Å². The van der Waals surface area contributed by atoms with E-state index >= 15 is 0 Å². The number of benzene rings is 1. The van der Waals surface area contributed by atoms with Crippen LogP contribution in [0.15, 0.2) is 35.9 Å². The van der Waals surface area contributed by atoms with Crippen LogP contribution in [-0.4, -0.2) is 28.1 Å². The van der Waals surface area contributed by atoms with E-state index in [0.717, 1.165) is 38.5 Å². The highest BCUT2D eigenvalue weighted by Gasteiger charge is 2.68. The predicted molar refractivity (Wildman–Crippen MR) is 127 cm³/mol. The van der Waals surface area contributed by atoms with Crippen molar-refractivity contribution in [2.45, 2.75) is 95.9 Å². The molecule has 3 saturated carbocycles. The number of halogens is 4. The summed E-state index contributed by atoms with van der Waals surface area (Å²) in [5.41, 5.74) is -1.34. The molecule has 2 N–H and O–H groups in total. The van der Waals surface area contributed by atoms with Gasteiger partial charge in [0.1, 0.15) is 5.82 Å².